The van der Waals surface area contributed by atoms with Gasteiger partial charge in [-0.1, -0.05) is 12.1 Å². The lowest BCUT2D eigenvalue weighted by Gasteiger charge is -2.36. The molecule has 8 heteroatoms. The monoisotopic (exact) mass is 370 g/mol. The summed E-state index contributed by atoms with van der Waals surface area (Å²) in [6.45, 7) is 8.14. The number of nitrogens with one attached hydrogen (secondary N) is 1. The van der Waals surface area contributed by atoms with Gasteiger partial charge in [-0.3, -0.25) is 9.59 Å². The van der Waals surface area contributed by atoms with Crippen LogP contribution in [0.25, 0.3) is 0 Å². The first-order valence-corrected chi connectivity index (χ1v) is 8.85. The zero-order valence-corrected chi connectivity index (χ0v) is 15.7. The number of halogens is 1. The second-order valence-corrected chi connectivity index (χ2v) is 6.59. The molecule has 2 aliphatic heterocycles. The summed E-state index contributed by atoms with van der Waals surface area (Å²) in [5.74, 6) is 0.675. The lowest BCUT2D eigenvalue weighted by Crippen LogP contribution is -2.52. The van der Waals surface area contributed by atoms with Gasteiger partial charge >= 0.3 is 0 Å². The molecule has 0 saturated carbocycles. The van der Waals surface area contributed by atoms with Crippen LogP contribution in [0.5, 0.6) is 0 Å². The van der Waals surface area contributed by atoms with E-state index in [0.717, 1.165) is 39.0 Å². The van der Waals surface area contributed by atoms with Crippen molar-refractivity contribution in [3.05, 3.63) is 17.0 Å². The van der Waals surface area contributed by atoms with Crippen molar-refractivity contribution in [2.24, 2.45) is 5.92 Å². The quantitative estimate of drug-likeness (QED) is 0.866. The van der Waals surface area contributed by atoms with Gasteiger partial charge in [0.1, 0.15) is 11.3 Å². The number of hydrogen-bond donors (Lipinski definition) is 1. The second-order valence-electron chi connectivity index (χ2n) is 6.59. The number of likely N-dealkylation sites (tertiary alicyclic amines) is 1. The predicted molar refractivity (Wildman–Crippen MR) is 95.9 cm³/mol. The van der Waals surface area contributed by atoms with Gasteiger partial charge in [-0.25, -0.2) is 0 Å². The molecule has 3 rings (SSSR count). The van der Waals surface area contributed by atoms with Crippen LogP contribution in [-0.4, -0.2) is 66.0 Å². The smallest absolute Gasteiger partial charge is 0.259 e. The summed E-state index contributed by atoms with van der Waals surface area (Å²) in [7, 11) is 0. The van der Waals surface area contributed by atoms with Gasteiger partial charge in [0, 0.05) is 45.7 Å². The van der Waals surface area contributed by atoms with E-state index >= 15 is 0 Å². The number of piperazine rings is 1. The van der Waals surface area contributed by atoms with E-state index in [1.165, 1.54) is 0 Å². The van der Waals surface area contributed by atoms with E-state index < -0.39 is 0 Å². The molecule has 2 aliphatic rings. The molecule has 2 fully saturated rings. The number of nitrogens with zero attached hydrogens (tertiary/aromatic N) is 3. The van der Waals surface area contributed by atoms with E-state index in [-0.39, 0.29) is 30.1 Å². The zero-order chi connectivity index (χ0) is 17.1. The molecule has 2 saturated heterocycles. The zero-order valence-electron chi connectivity index (χ0n) is 14.9. The first-order valence-electron chi connectivity index (χ1n) is 8.85. The second kappa shape index (κ2) is 8.67. The molecule has 2 amide bonds. The van der Waals surface area contributed by atoms with E-state index in [2.05, 4.69) is 10.5 Å². The molecule has 0 spiro atoms. The summed E-state index contributed by atoms with van der Waals surface area (Å²) < 4.78 is 5.25. The summed E-state index contributed by atoms with van der Waals surface area (Å²) in [5.41, 5.74) is 1.21. The molecule has 1 atom stereocenters. The molecule has 1 unspecified atom stereocenters. The molecule has 0 radical (unpaired) electrons. The number of carbonyl (C=O) groups excluding carboxylic acids is 2. The largest absolute Gasteiger partial charge is 0.360 e. The van der Waals surface area contributed by atoms with Crippen molar-refractivity contribution in [2.45, 2.75) is 33.1 Å². The molecule has 0 aromatic carbocycles. The van der Waals surface area contributed by atoms with Crippen molar-refractivity contribution in [1.29, 1.82) is 0 Å². The SMILES string of the molecule is CCc1onc(C)c1C(=O)N1CCCC(C(=O)N2CCNCC2)C1.Cl. The third-order valence-corrected chi connectivity index (χ3v) is 4.95. The Morgan fingerprint density at radius 3 is 2.64 bits per heavy atom. The molecule has 25 heavy (non-hydrogen) atoms. The van der Waals surface area contributed by atoms with Gasteiger partial charge in [-0.05, 0) is 19.8 Å². The van der Waals surface area contributed by atoms with Gasteiger partial charge in [0.2, 0.25) is 5.91 Å². The lowest BCUT2D eigenvalue weighted by molar-refractivity contribution is -0.137. The average molecular weight is 371 g/mol. The number of hydrogen-bond acceptors (Lipinski definition) is 5. The molecule has 140 valence electrons. The Bertz CT molecular complexity index is 613. The highest BCUT2D eigenvalue weighted by Gasteiger charge is 2.33. The van der Waals surface area contributed by atoms with Crippen LogP contribution in [0.1, 0.15) is 41.6 Å². The van der Waals surface area contributed by atoms with Crippen LogP contribution >= 0.6 is 12.4 Å². The predicted octanol–water partition coefficient (Wildman–Crippen LogP) is 1.25. The van der Waals surface area contributed by atoms with Crippen LogP contribution in [0.15, 0.2) is 4.52 Å². The minimum absolute atomic E-state index is 0. The van der Waals surface area contributed by atoms with Crippen molar-refractivity contribution in [3.8, 4) is 0 Å². The Morgan fingerprint density at radius 2 is 1.96 bits per heavy atom. The number of piperidine rings is 1. The van der Waals surface area contributed by atoms with Gasteiger partial charge in [-0.15, -0.1) is 12.4 Å². The van der Waals surface area contributed by atoms with E-state index in [0.29, 0.717) is 36.5 Å². The molecule has 1 N–H and O–H groups in total. The summed E-state index contributed by atoms with van der Waals surface area (Å²) in [6.07, 6.45) is 2.36. The minimum Gasteiger partial charge on any atom is -0.360 e. The number of carbonyl (C=O) groups is 2. The average Bonchev–Trinajstić information content (AvgIpc) is 3.02. The maximum Gasteiger partial charge on any atom is 0.259 e. The van der Waals surface area contributed by atoms with E-state index in [1.807, 2.05) is 11.8 Å². The Labute approximate surface area is 154 Å². The molecule has 7 nitrogen and oxygen atoms in total. The van der Waals surface area contributed by atoms with Gasteiger partial charge in [0.15, 0.2) is 0 Å². The fourth-order valence-corrected chi connectivity index (χ4v) is 3.60. The number of rotatable bonds is 3. The van der Waals surface area contributed by atoms with Gasteiger partial charge in [0.05, 0.1) is 11.6 Å². The van der Waals surface area contributed by atoms with Crippen LogP contribution in [0.4, 0.5) is 0 Å². The summed E-state index contributed by atoms with van der Waals surface area (Å²) >= 11 is 0. The Kier molecular flexibility index (Phi) is 6.84. The molecule has 1 aromatic rings. The fourth-order valence-electron chi connectivity index (χ4n) is 3.60. The van der Waals surface area contributed by atoms with Crippen molar-refractivity contribution in [1.82, 2.24) is 20.3 Å². The normalized spacial score (nSPS) is 21.0. The first-order chi connectivity index (χ1) is 11.6. The number of aryl methyl sites for hydroxylation is 2. The Balaban J connectivity index is 0.00000225. The lowest BCUT2D eigenvalue weighted by atomic mass is 9.95. The number of aromatic nitrogens is 1. The van der Waals surface area contributed by atoms with Crippen molar-refractivity contribution >= 4 is 24.2 Å². The van der Waals surface area contributed by atoms with Crippen LogP contribution in [0.2, 0.25) is 0 Å². The van der Waals surface area contributed by atoms with Crippen LogP contribution < -0.4 is 5.32 Å². The molecule has 0 bridgehead atoms. The summed E-state index contributed by atoms with van der Waals surface area (Å²) in [5, 5.41) is 7.19. The Morgan fingerprint density at radius 1 is 1.24 bits per heavy atom. The third-order valence-electron chi connectivity index (χ3n) is 4.95. The van der Waals surface area contributed by atoms with Crippen molar-refractivity contribution < 1.29 is 14.1 Å². The third kappa shape index (κ3) is 4.15. The molecular weight excluding hydrogens is 344 g/mol. The van der Waals surface area contributed by atoms with Crippen LogP contribution in [-0.2, 0) is 11.2 Å². The summed E-state index contributed by atoms with van der Waals surface area (Å²) in [4.78, 5) is 29.4. The maximum absolute atomic E-state index is 12.9. The Hall–Kier alpha value is -1.60. The maximum atomic E-state index is 12.9. The van der Waals surface area contributed by atoms with Gasteiger partial charge in [0.25, 0.3) is 5.91 Å². The van der Waals surface area contributed by atoms with Crippen molar-refractivity contribution in [2.75, 3.05) is 39.3 Å². The highest BCUT2D eigenvalue weighted by molar-refractivity contribution is 5.96. The van der Waals surface area contributed by atoms with E-state index in [4.69, 9.17) is 4.52 Å². The highest BCUT2D eigenvalue weighted by Crippen LogP contribution is 2.23. The molecule has 1 aromatic heterocycles. The van der Waals surface area contributed by atoms with E-state index in [1.54, 1.807) is 11.8 Å². The topological polar surface area (TPSA) is 78.7 Å². The highest BCUT2D eigenvalue weighted by atomic mass is 35.5. The standard InChI is InChI=1S/C17H26N4O3.ClH/c1-3-14-15(12(2)19-24-14)17(23)21-8-4-5-13(11-21)16(22)20-9-6-18-7-10-20;/h13,18H,3-11H2,1-2H3;1H. The first kappa shape index (κ1) is 19.7. The van der Waals surface area contributed by atoms with Gasteiger partial charge < -0.3 is 19.6 Å². The molecule has 0 aliphatic carbocycles. The minimum atomic E-state index is -0.0916. The fraction of sp³-hybridized carbons (Fsp3) is 0.706. The summed E-state index contributed by atoms with van der Waals surface area (Å²) in [6, 6.07) is 0. The molecule has 3 heterocycles. The van der Waals surface area contributed by atoms with Crippen molar-refractivity contribution in [3.63, 3.8) is 0 Å². The van der Waals surface area contributed by atoms with Crippen LogP contribution in [0.3, 0.4) is 0 Å². The van der Waals surface area contributed by atoms with E-state index in [9.17, 15) is 9.59 Å². The molecular formula is C17H27ClN4O3. The van der Waals surface area contributed by atoms with Gasteiger partial charge in [-0.2, -0.15) is 0 Å². The number of amides is 2. The van der Waals surface area contributed by atoms with Crippen LogP contribution in [0, 0.1) is 12.8 Å².